The van der Waals surface area contributed by atoms with E-state index in [0.717, 1.165) is 11.8 Å². The van der Waals surface area contributed by atoms with Gasteiger partial charge in [-0.1, -0.05) is 11.8 Å². The number of esters is 1. The summed E-state index contributed by atoms with van der Waals surface area (Å²) in [4.78, 5) is 17.4. The zero-order valence-corrected chi connectivity index (χ0v) is 19.1. The third-order valence-electron chi connectivity index (χ3n) is 4.60. The van der Waals surface area contributed by atoms with Gasteiger partial charge in [0, 0.05) is 11.6 Å². The molecule has 0 aliphatic carbocycles. The van der Waals surface area contributed by atoms with Gasteiger partial charge in [0.15, 0.2) is 11.5 Å². The first-order valence-electron chi connectivity index (χ1n) is 9.40. The Labute approximate surface area is 190 Å². The molecular formula is C23H23NO7S. The van der Waals surface area contributed by atoms with Crippen molar-refractivity contribution in [3.63, 3.8) is 0 Å². The maximum absolute atomic E-state index is 12.4. The van der Waals surface area contributed by atoms with Crippen LogP contribution in [-0.2, 0) is 9.53 Å². The van der Waals surface area contributed by atoms with E-state index in [1.165, 1.54) is 21.3 Å². The zero-order valence-electron chi connectivity index (χ0n) is 18.3. The van der Waals surface area contributed by atoms with Gasteiger partial charge in [-0.3, -0.25) is 0 Å². The van der Waals surface area contributed by atoms with Crippen molar-refractivity contribution >= 4 is 34.5 Å². The molecule has 0 aromatic heterocycles. The zero-order chi connectivity index (χ0) is 23.3. The standard InChI is InChI=1S/C23H23NO7S/c1-27-15-7-9-16(28-2)13(10-15)11-19-21(25)20(23(26)31-5)22(32-19)24-14-6-8-17(29-3)18(12-14)30-4/h6-12,25H,1-5H3. The van der Waals surface area contributed by atoms with Gasteiger partial charge in [0.05, 0.1) is 46.1 Å². The van der Waals surface area contributed by atoms with Crippen molar-refractivity contribution in [2.75, 3.05) is 35.5 Å². The topological polar surface area (TPSA) is 95.8 Å². The summed E-state index contributed by atoms with van der Waals surface area (Å²) in [5, 5.41) is 11.1. The second kappa shape index (κ2) is 10.1. The lowest BCUT2D eigenvalue weighted by Gasteiger charge is -2.08. The van der Waals surface area contributed by atoms with Gasteiger partial charge in [-0.15, -0.1) is 0 Å². The Hall–Kier alpha value is -3.59. The highest BCUT2D eigenvalue weighted by atomic mass is 32.2. The third-order valence-corrected chi connectivity index (χ3v) is 5.62. The predicted octanol–water partition coefficient (Wildman–Crippen LogP) is 4.52. The molecule has 0 spiro atoms. The minimum Gasteiger partial charge on any atom is -0.506 e. The smallest absolute Gasteiger partial charge is 0.344 e. The van der Waals surface area contributed by atoms with Crippen LogP contribution < -0.4 is 18.9 Å². The van der Waals surface area contributed by atoms with Gasteiger partial charge in [-0.05, 0) is 36.4 Å². The Bertz CT molecular complexity index is 1120. The molecule has 8 nitrogen and oxygen atoms in total. The molecule has 2 aromatic rings. The van der Waals surface area contributed by atoms with E-state index in [2.05, 4.69) is 4.99 Å². The van der Waals surface area contributed by atoms with Gasteiger partial charge in [-0.25, -0.2) is 9.79 Å². The summed E-state index contributed by atoms with van der Waals surface area (Å²) in [6, 6.07) is 10.4. The van der Waals surface area contributed by atoms with E-state index < -0.39 is 5.97 Å². The Morgan fingerprint density at radius 2 is 1.59 bits per heavy atom. The second-order valence-corrected chi connectivity index (χ2v) is 7.42. The molecule has 2 aromatic carbocycles. The predicted molar refractivity (Wildman–Crippen MR) is 123 cm³/mol. The van der Waals surface area contributed by atoms with Gasteiger partial charge >= 0.3 is 5.97 Å². The van der Waals surface area contributed by atoms with Gasteiger partial charge in [-0.2, -0.15) is 0 Å². The van der Waals surface area contributed by atoms with Crippen molar-refractivity contribution < 1.29 is 33.6 Å². The van der Waals surface area contributed by atoms with Crippen LogP contribution in [0.5, 0.6) is 23.0 Å². The largest absolute Gasteiger partial charge is 0.506 e. The lowest BCUT2D eigenvalue weighted by atomic mass is 10.1. The number of ether oxygens (including phenoxy) is 5. The third kappa shape index (κ3) is 4.67. The quantitative estimate of drug-likeness (QED) is 0.606. The number of aliphatic hydroxyl groups is 1. The first-order chi connectivity index (χ1) is 15.4. The second-order valence-electron chi connectivity index (χ2n) is 6.39. The number of benzene rings is 2. The van der Waals surface area contributed by atoms with Crippen molar-refractivity contribution in [2.45, 2.75) is 0 Å². The van der Waals surface area contributed by atoms with Crippen LogP contribution in [0.3, 0.4) is 0 Å². The molecule has 1 aliphatic rings. The van der Waals surface area contributed by atoms with E-state index >= 15 is 0 Å². The van der Waals surface area contributed by atoms with Crippen LogP contribution in [-0.4, -0.2) is 51.7 Å². The first-order valence-corrected chi connectivity index (χ1v) is 10.2. The van der Waals surface area contributed by atoms with Crippen LogP contribution in [0.4, 0.5) is 5.69 Å². The molecule has 1 aliphatic heterocycles. The number of aliphatic hydroxyl groups excluding tert-OH is 1. The van der Waals surface area contributed by atoms with Gasteiger partial charge in [0.2, 0.25) is 0 Å². The summed E-state index contributed by atoms with van der Waals surface area (Å²) in [5.41, 5.74) is 1.15. The number of hydrogen-bond acceptors (Lipinski definition) is 9. The van der Waals surface area contributed by atoms with Gasteiger partial charge in [0.1, 0.15) is 27.9 Å². The minimum atomic E-state index is -0.699. The number of aliphatic imine (C=N–C) groups is 1. The van der Waals surface area contributed by atoms with E-state index in [9.17, 15) is 9.90 Å². The molecule has 0 unspecified atom stereocenters. The van der Waals surface area contributed by atoms with E-state index in [0.29, 0.717) is 39.2 Å². The van der Waals surface area contributed by atoms with E-state index in [-0.39, 0.29) is 16.4 Å². The summed E-state index contributed by atoms with van der Waals surface area (Å²) in [5.74, 6) is 1.31. The average Bonchev–Trinajstić information content (AvgIpc) is 3.12. The SMILES string of the molecule is COC(=O)C1=C(O)C(=Cc2cc(OC)ccc2OC)SC1=Nc1ccc(OC)c(OC)c1. The fourth-order valence-corrected chi connectivity index (χ4v) is 4.02. The van der Waals surface area contributed by atoms with Crippen molar-refractivity contribution in [3.05, 3.63) is 58.2 Å². The van der Waals surface area contributed by atoms with Crippen molar-refractivity contribution in [3.8, 4) is 23.0 Å². The number of carbonyl (C=O) groups is 1. The molecule has 1 N–H and O–H groups in total. The highest BCUT2D eigenvalue weighted by Gasteiger charge is 2.33. The molecule has 168 valence electrons. The van der Waals surface area contributed by atoms with E-state index in [4.69, 9.17) is 23.7 Å². The Kier molecular flexibility index (Phi) is 7.32. The van der Waals surface area contributed by atoms with Crippen LogP contribution in [0.1, 0.15) is 5.56 Å². The monoisotopic (exact) mass is 457 g/mol. The van der Waals surface area contributed by atoms with Gasteiger partial charge in [0.25, 0.3) is 0 Å². The summed E-state index contributed by atoms with van der Waals surface area (Å²) in [6.07, 6.45) is 1.70. The maximum Gasteiger partial charge on any atom is 0.344 e. The lowest BCUT2D eigenvalue weighted by Crippen LogP contribution is -2.10. The molecule has 3 rings (SSSR count). The molecule has 0 bridgehead atoms. The molecule has 0 atom stereocenters. The number of nitrogens with zero attached hydrogens (tertiary/aromatic N) is 1. The number of rotatable bonds is 7. The van der Waals surface area contributed by atoms with Crippen molar-refractivity contribution in [1.82, 2.24) is 0 Å². The van der Waals surface area contributed by atoms with E-state index in [1.54, 1.807) is 56.7 Å². The fraction of sp³-hybridized carbons (Fsp3) is 0.217. The lowest BCUT2D eigenvalue weighted by molar-refractivity contribution is -0.135. The maximum atomic E-state index is 12.4. The molecule has 32 heavy (non-hydrogen) atoms. The summed E-state index contributed by atoms with van der Waals surface area (Å²) >= 11 is 1.13. The highest BCUT2D eigenvalue weighted by Crippen LogP contribution is 2.42. The molecule has 1 heterocycles. The number of carbonyl (C=O) groups excluding carboxylic acids is 1. The molecule has 9 heteroatoms. The van der Waals surface area contributed by atoms with Crippen LogP contribution in [0.15, 0.2) is 57.6 Å². The number of hydrogen-bond donors (Lipinski definition) is 1. The Balaban J connectivity index is 2.09. The van der Waals surface area contributed by atoms with Crippen LogP contribution in [0.25, 0.3) is 6.08 Å². The average molecular weight is 458 g/mol. The minimum absolute atomic E-state index is 0.0274. The Morgan fingerprint density at radius 3 is 2.22 bits per heavy atom. The number of thioether (sulfide) groups is 1. The molecular weight excluding hydrogens is 434 g/mol. The van der Waals surface area contributed by atoms with Crippen LogP contribution in [0.2, 0.25) is 0 Å². The normalized spacial score (nSPS) is 15.8. The van der Waals surface area contributed by atoms with E-state index in [1.807, 2.05) is 0 Å². The Morgan fingerprint density at radius 1 is 0.906 bits per heavy atom. The molecule has 0 saturated heterocycles. The molecule has 0 amide bonds. The first kappa shape index (κ1) is 23.1. The molecule has 0 fully saturated rings. The number of methoxy groups -OCH3 is 5. The van der Waals surface area contributed by atoms with Crippen LogP contribution >= 0.6 is 11.8 Å². The van der Waals surface area contributed by atoms with Crippen molar-refractivity contribution in [1.29, 1.82) is 0 Å². The van der Waals surface area contributed by atoms with Crippen molar-refractivity contribution in [2.24, 2.45) is 4.99 Å². The fourth-order valence-electron chi connectivity index (χ4n) is 3.00. The van der Waals surface area contributed by atoms with Crippen LogP contribution in [0, 0.1) is 0 Å². The highest BCUT2D eigenvalue weighted by molar-refractivity contribution is 8.18. The summed E-state index contributed by atoms with van der Waals surface area (Å²) in [6.45, 7) is 0. The summed E-state index contributed by atoms with van der Waals surface area (Å²) in [7, 11) is 7.41. The molecule has 0 saturated carbocycles. The molecule has 0 radical (unpaired) electrons. The summed E-state index contributed by atoms with van der Waals surface area (Å²) < 4.78 is 26.1. The van der Waals surface area contributed by atoms with Gasteiger partial charge < -0.3 is 28.8 Å².